The van der Waals surface area contributed by atoms with Crippen LogP contribution in [0.3, 0.4) is 0 Å². The summed E-state index contributed by atoms with van der Waals surface area (Å²) in [6.07, 6.45) is 12.2. The van der Waals surface area contributed by atoms with E-state index in [0.717, 1.165) is 19.7 Å². The fraction of sp³-hybridized carbons (Fsp3) is 0.800. The molecule has 0 N–H and O–H groups in total. The quantitative estimate of drug-likeness (QED) is 0.835. The molecule has 0 bridgehead atoms. The Balaban J connectivity index is 1.56. The highest BCUT2D eigenvalue weighted by molar-refractivity contribution is 4.84. The lowest BCUT2D eigenvalue weighted by Crippen LogP contribution is -2.46. The van der Waals surface area contributed by atoms with Gasteiger partial charge in [-0.2, -0.15) is 5.10 Å². The molecule has 4 heteroatoms. The van der Waals surface area contributed by atoms with Crippen LogP contribution in [0.1, 0.15) is 38.5 Å². The van der Waals surface area contributed by atoms with Gasteiger partial charge in [-0.15, -0.1) is 0 Å². The average Bonchev–Trinajstić information content (AvgIpc) is 2.95. The average molecular weight is 263 g/mol. The Labute approximate surface area is 115 Å². The summed E-state index contributed by atoms with van der Waals surface area (Å²) in [6.45, 7) is 4.33. The number of ether oxygens (including phenoxy) is 1. The molecule has 0 aromatic carbocycles. The second kappa shape index (κ2) is 6.53. The minimum atomic E-state index is 0.465. The van der Waals surface area contributed by atoms with Crippen molar-refractivity contribution in [1.29, 1.82) is 0 Å². The predicted molar refractivity (Wildman–Crippen MR) is 75.0 cm³/mol. The topological polar surface area (TPSA) is 30.3 Å². The van der Waals surface area contributed by atoms with Crippen LogP contribution < -0.4 is 0 Å². The minimum absolute atomic E-state index is 0.465. The molecule has 4 nitrogen and oxygen atoms in total. The molecule has 19 heavy (non-hydrogen) atoms. The Kier molecular flexibility index (Phi) is 4.51. The number of likely N-dealkylation sites (tertiary alicyclic amines) is 1. The van der Waals surface area contributed by atoms with Crippen molar-refractivity contribution in [1.82, 2.24) is 14.7 Å². The monoisotopic (exact) mass is 263 g/mol. The van der Waals surface area contributed by atoms with Gasteiger partial charge in [-0.3, -0.25) is 9.58 Å². The second-order valence-corrected chi connectivity index (χ2v) is 5.86. The highest BCUT2D eigenvalue weighted by Crippen LogP contribution is 2.21. The van der Waals surface area contributed by atoms with Crippen LogP contribution in [0.4, 0.5) is 0 Å². The first-order chi connectivity index (χ1) is 9.42. The number of hydrogen-bond donors (Lipinski definition) is 0. The third kappa shape index (κ3) is 3.57. The standard InChI is InChI=1S/C15H25N3O/c1-3-9-17(13-15-7-2-4-11-19-15)14(6-1)12-18-10-5-8-16-18/h5,8,10,14-15H,1-4,6-7,9,11-13H2/t14-,15+/m0/s1. The van der Waals surface area contributed by atoms with Gasteiger partial charge < -0.3 is 4.74 Å². The van der Waals surface area contributed by atoms with Crippen LogP contribution in [0, 0.1) is 0 Å². The SMILES string of the molecule is c1cnn(C[C@@H]2CCCCN2C[C@H]2CCCCO2)c1. The molecule has 2 atom stereocenters. The van der Waals surface area contributed by atoms with E-state index in [9.17, 15) is 0 Å². The van der Waals surface area contributed by atoms with Crippen molar-refractivity contribution in [3.63, 3.8) is 0 Å². The summed E-state index contributed by atoms with van der Waals surface area (Å²) in [7, 11) is 0. The van der Waals surface area contributed by atoms with Gasteiger partial charge in [0.05, 0.1) is 12.6 Å². The van der Waals surface area contributed by atoms with Crippen LogP contribution in [0.15, 0.2) is 18.5 Å². The number of nitrogens with zero attached hydrogens (tertiary/aromatic N) is 3. The Morgan fingerprint density at radius 3 is 2.84 bits per heavy atom. The van der Waals surface area contributed by atoms with Crippen LogP contribution >= 0.6 is 0 Å². The molecule has 106 valence electrons. The molecule has 0 saturated carbocycles. The smallest absolute Gasteiger partial charge is 0.0702 e. The lowest BCUT2D eigenvalue weighted by molar-refractivity contribution is -0.0215. The highest BCUT2D eigenvalue weighted by Gasteiger charge is 2.26. The first-order valence-corrected chi connectivity index (χ1v) is 7.75. The van der Waals surface area contributed by atoms with Gasteiger partial charge in [0.2, 0.25) is 0 Å². The first kappa shape index (κ1) is 13.1. The Hall–Kier alpha value is -0.870. The Morgan fingerprint density at radius 2 is 2.05 bits per heavy atom. The summed E-state index contributed by atoms with van der Waals surface area (Å²) >= 11 is 0. The van der Waals surface area contributed by atoms with E-state index in [4.69, 9.17) is 4.74 Å². The predicted octanol–water partition coefficient (Wildman–Crippen LogP) is 2.31. The molecule has 0 unspecified atom stereocenters. The van der Waals surface area contributed by atoms with Crippen LogP contribution in [0.5, 0.6) is 0 Å². The van der Waals surface area contributed by atoms with Gasteiger partial charge in [0.1, 0.15) is 0 Å². The fourth-order valence-corrected chi connectivity index (χ4v) is 3.34. The summed E-state index contributed by atoms with van der Waals surface area (Å²) in [4.78, 5) is 2.64. The summed E-state index contributed by atoms with van der Waals surface area (Å²) in [5, 5.41) is 4.35. The lowest BCUT2D eigenvalue weighted by atomic mass is 10.00. The fourth-order valence-electron chi connectivity index (χ4n) is 3.34. The summed E-state index contributed by atoms with van der Waals surface area (Å²) in [5.41, 5.74) is 0. The number of rotatable bonds is 4. The van der Waals surface area contributed by atoms with Gasteiger partial charge in [-0.05, 0) is 44.7 Å². The molecule has 3 heterocycles. The molecule has 0 spiro atoms. The molecule has 3 rings (SSSR count). The van der Waals surface area contributed by atoms with E-state index < -0.39 is 0 Å². The molecule has 2 fully saturated rings. The van der Waals surface area contributed by atoms with E-state index in [-0.39, 0.29) is 0 Å². The van der Waals surface area contributed by atoms with Crippen molar-refractivity contribution in [2.75, 3.05) is 19.7 Å². The minimum Gasteiger partial charge on any atom is -0.377 e. The molecular weight excluding hydrogens is 238 g/mol. The molecule has 0 radical (unpaired) electrons. The third-order valence-electron chi connectivity index (χ3n) is 4.42. The van der Waals surface area contributed by atoms with Gasteiger partial charge in [0.25, 0.3) is 0 Å². The Bertz CT molecular complexity index is 359. The summed E-state index contributed by atoms with van der Waals surface area (Å²) in [5.74, 6) is 0. The van der Waals surface area contributed by atoms with E-state index in [1.54, 1.807) is 0 Å². The van der Waals surface area contributed by atoms with Crippen molar-refractivity contribution in [2.24, 2.45) is 0 Å². The van der Waals surface area contributed by atoms with E-state index in [0.29, 0.717) is 12.1 Å². The van der Waals surface area contributed by atoms with Crippen molar-refractivity contribution in [3.05, 3.63) is 18.5 Å². The molecule has 2 saturated heterocycles. The van der Waals surface area contributed by atoms with Crippen molar-refractivity contribution in [3.8, 4) is 0 Å². The molecule has 2 aliphatic heterocycles. The number of hydrogen-bond acceptors (Lipinski definition) is 3. The zero-order valence-corrected chi connectivity index (χ0v) is 11.7. The van der Waals surface area contributed by atoms with E-state index in [2.05, 4.69) is 20.9 Å². The van der Waals surface area contributed by atoms with Crippen LogP contribution in [0.2, 0.25) is 0 Å². The van der Waals surface area contributed by atoms with Crippen LogP contribution in [0.25, 0.3) is 0 Å². The number of aromatic nitrogens is 2. The normalized spacial score (nSPS) is 29.5. The van der Waals surface area contributed by atoms with Gasteiger partial charge in [-0.1, -0.05) is 6.42 Å². The molecule has 1 aromatic rings. The zero-order chi connectivity index (χ0) is 12.9. The van der Waals surface area contributed by atoms with Gasteiger partial charge in [0, 0.05) is 31.6 Å². The maximum atomic E-state index is 5.90. The van der Waals surface area contributed by atoms with E-state index in [1.165, 1.54) is 45.1 Å². The van der Waals surface area contributed by atoms with Crippen molar-refractivity contribution >= 4 is 0 Å². The van der Waals surface area contributed by atoms with Crippen molar-refractivity contribution in [2.45, 2.75) is 57.2 Å². The molecular formula is C15H25N3O. The lowest BCUT2D eigenvalue weighted by Gasteiger charge is -2.38. The van der Waals surface area contributed by atoms with Crippen molar-refractivity contribution < 1.29 is 4.74 Å². The maximum absolute atomic E-state index is 5.90. The highest BCUT2D eigenvalue weighted by atomic mass is 16.5. The first-order valence-electron chi connectivity index (χ1n) is 7.75. The van der Waals surface area contributed by atoms with Crippen LogP contribution in [-0.2, 0) is 11.3 Å². The molecule has 0 amide bonds. The van der Waals surface area contributed by atoms with E-state index >= 15 is 0 Å². The molecule has 2 aliphatic rings. The van der Waals surface area contributed by atoms with Gasteiger partial charge in [0.15, 0.2) is 0 Å². The zero-order valence-electron chi connectivity index (χ0n) is 11.7. The summed E-state index contributed by atoms with van der Waals surface area (Å²) in [6, 6.07) is 2.65. The molecule has 0 aliphatic carbocycles. The van der Waals surface area contributed by atoms with Crippen LogP contribution in [-0.4, -0.2) is 46.5 Å². The van der Waals surface area contributed by atoms with Gasteiger partial charge >= 0.3 is 0 Å². The third-order valence-corrected chi connectivity index (χ3v) is 4.42. The molecule has 1 aromatic heterocycles. The van der Waals surface area contributed by atoms with E-state index in [1.807, 2.05) is 12.3 Å². The number of piperidine rings is 1. The summed E-state index contributed by atoms with van der Waals surface area (Å²) < 4.78 is 7.97. The maximum Gasteiger partial charge on any atom is 0.0702 e. The van der Waals surface area contributed by atoms with Gasteiger partial charge in [-0.25, -0.2) is 0 Å². The second-order valence-electron chi connectivity index (χ2n) is 5.86. The largest absolute Gasteiger partial charge is 0.377 e. The Morgan fingerprint density at radius 1 is 1.11 bits per heavy atom.